The topological polar surface area (TPSA) is 58.6 Å². The van der Waals surface area contributed by atoms with Gasteiger partial charge in [-0.1, -0.05) is 0 Å². The normalized spacial score (nSPS) is 14.8. The average molecular weight is 302 g/mol. The molecule has 1 aromatic rings. The van der Waals surface area contributed by atoms with E-state index in [2.05, 4.69) is 5.32 Å². The Labute approximate surface area is 118 Å². The number of benzene rings is 1. The summed E-state index contributed by atoms with van der Waals surface area (Å²) < 4.78 is 44.0. The van der Waals surface area contributed by atoms with Crippen molar-refractivity contribution >= 4 is 12.0 Å². The number of rotatable bonds is 4. The zero-order chi connectivity index (χ0) is 15.4. The van der Waals surface area contributed by atoms with Gasteiger partial charge in [-0.2, -0.15) is 0 Å². The lowest BCUT2D eigenvalue weighted by Gasteiger charge is -2.26. The summed E-state index contributed by atoms with van der Waals surface area (Å²) in [4.78, 5) is 24.4. The number of carbonyl (C=O) groups excluding carboxylic acids is 2. The molecule has 1 fully saturated rings. The first kappa shape index (κ1) is 15.1. The maximum Gasteiger partial charge on any atom is 0.409 e. The van der Waals surface area contributed by atoms with Crippen LogP contribution in [-0.4, -0.2) is 43.1 Å². The number of nitrogens with one attached hydrogen (secondary N) is 1. The summed E-state index contributed by atoms with van der Waals surface area (Å²) in [7, 11) is 0. The summed E-state index contributed by atoms with van der Waals surface area (Å²) in [5.74, 6) is -5.47. The zero-order valence-electron chi connectivity index (χ0n) is 11.0. The molecule has 1 N–H and O–H groups in total. The van der Waals surface area contributed by atoms with E-state index in [4.69, 9.17) is 4.74 Å². The van der Waals surface area contributed by atoms with E-state index >= 15 is 0 Å². The van der Waals surface area contributed by atoms with Gasteiger partial charge in [0.05, 0.1) is 12.2 Å². The molecule has 1 aliphatic rings. The van der Waals surface area contributed by atoms with Gasteiger partial charge in [-0.3, -0.25) is 4.79 Å². The van der Waals surface area contributed by atoms with Gasteiger partial charge in [-0.15, -0.1) is 0 Å². The number of amides is 2. The molecule has 0 radical (unpaired) electrons. The fourth-order valence-electron chi connectivity index (χ4n) is 1.90. The summed E-state index contributed by atoms with van der Waals surface area (Å²) in [5.41, 5.74) is -0.588. The molecule has 2 amide bonds. The van der Waals surface area contributed by atoms with Gasteiger partial charge in [-0.25, -0.2) is 18.0 Å². The summed E-state index contributed by atoms with van der Waals surface area (Å²) >= 11 is 0. The van der Waals surface area contributed by atoms with Crippen molar-refractivity contribution in [2.75, 3.05) is 26.2 Å². The van der Waals surface area contributed by atoms with Gasteiger partial charge < -0.3 is 15.0 Å². The van der Waals surface area contributed by atoms with Crippen LogP contribution < -0.4 is 5.32 Å². The van der Waals surface area contributed by atoms with E-state index in [-0.39, 0.29) is 13.1 Å². The number of ether oxygens (including phenoxy) is 1. The van der Waals surface area contributed by atoms with Crippen molar-refractivity contribution in [2.45, 2.75) is 6.42 Å². The first-order valence-electron chi connectivity index (χ1n) is 6.34. The molecule has 0 saturated carbocycles. The molecular formula is C13H13F3N2O3. The number of hydrogen-bond acceptors (Lipinski definition) is 3. The molecular weight excluding hydrogens is 289 g/mol. The molecule has 1 aromatic carbocycles. The van der Waals surface area contributed by atoms with Crippen molar-refractivity contribution in [3.05, 3.63) is 35.1 Å². The molecule has 0 unspecified atom stereocenters. The largest absolute Gasteiger partial charge is 0.449 e. The highest BCUT2D eigenvalue weighted by atomic mass is 19.2. The minimum atomic E-state index is -1.69. The maximum absolute atomic E-state index is 13.4. The standard InChI is InChI=1S/C13H13F3N2O3/c14-9-3-2-8(10(15)11(9)16)12(19)17-4-6-18-5-1-7-21-13(18)20/h2-3H,1,4-7H2,(H,17,19). The second-order valence-electron chi connectivity index (χ2n) is 4.43. The van der Waals surface area contributed by atoms with Gasteiger partial charge in [0, 0.05) is 19.6 Å². The zero-order valence-corrected chi connectivity index (χ0v) is 11.0. The third kappa shape index (κ3) is 3.45. The van der Waals surface area contributed by atoms with Crippen molar-refractivity contribution in [1.29, 1.82) is 0 Å². The molecule has 2 rings (SSSR count). The average Bonchev–Trinajstić information content (AvgIpc) is 2.47. The third-order valence-electron chi connectivity index (χ3n) is 3.00. The van der Waals surface area contributed by atoms with E-state index in [0.717, 1.165) is 6.07 Å². The molecule has 0 spiro atoms. The molecule has 8 heteroatoms. The van der Waals surface area contributed by atoms with Gasteiger partial charge in [0.15, 0.2) is 17.5 Å². The summed E-state index contributed by atoms with van der Waals surface area (Å²) in [5, 5.41) is 2.34. The number of halogens is 3. The van der Waals surface area contributed by atoms with Crippen LogP contribution >= 0.6 is 0 Å². The van der Waals surface area contributed by atoms with Gasteiger partial charge in [0.25, 0.3) is 5.91 Å². The molecule has 1 aliphatic heterocycles. The highest BCUT2D eigenvalue weighted by Crippen LogP contribution is 2.15. The van der Waals surface area contributed by atoms with Crippen molar-refractivity contribution in [3.63, 3.8) is 0 Å². The molecule has 0 bridgehead atoms. The van der Waals surface area contributed by atoms with Crippen LogP contribution in [0.15, 0.2) is 12.1 Å². The lowest BCUT2D eigenvalue weighted by Crippen LogP contribution is -2.42. The SMILES string of the molecule is O=C(NCCN1CCCOC1=O)c1ccc(F)c(F)c1F. The number of nitrogens with zero attached hydrogens (tertiary/aromatic N) is 1. The highest BCUT2D eigenvalue weighted by molar-refractivity contribution is 5.94. The molecule has 0 aliphatic carbocycles. The summed E-state index contributed by atoms with van der Waals surface area (Å²) in [6.45, 7) is 1.11. The molecule has 1 saturated heterocycles. The fourth-order valence-corrected chi connectivity index (χ4v) is 1.90. The Balaban J connectivity index is 1.90. The Kier molecular flexibility index (Phi) is 4.66. The van der Waals surface area contributed by atoms with E-state index in [1.54, 1.807) is 0 Å². The molecule has 5 nitrogen and oxygen atoms in total. The Morgan fingerprint density at radius 1 is 1.29 bits per heavy atom. The van der Waals surface area contributed by atoms with E-state index in [0.29, 0.717) is 25.6 Å². The summed E-state index contributed by atoms with van der Waals surface area (Å²) in [6, 6.07) is 1.54. The van der Waals surface area contributed by atoms with Crippen molar-refractivity contribution in [3.8, 4) is 0 Å². The fraction of sp³-hybridized carbons (Fsp3) is 0.385. The molecule has 0 aromatic heterocycles. The molecule has 0 atom stereocenters. The predicted molar refractivity (Wildman–Crippen MR) is 66.2 cm³/mol. The minimum absolute atomic E-state index is 0.0480. The van der Waals surface area contributed by atoms with Crippen LogP contribution in [0.25, 0.3) is 0 Å². The maximum atomic E-state index is 13.4. The monoisotopic (exact) mass is 302 g/mol. The lowest BCUT2D eigenvalue weighted by molar-refractivity contribution is 0.0719. The molecule has 114 valence electrons. The van der Waals surface area contributed by atoms with Gasteiger partial charge in [0.1, 0.15) is 0 Å². The Morgan fingerprint density at radius 3 is 2.76 bits per heavy atom. The highest BCUT2D eigenvalue weighted by Gasteiger charge is 2.21. The Bertz CT molecular complexity index is 566. The van der Waals surface area contributed by atoms with Gasteiger partial charge >= 0.3 is 6.09 Å². The van der Waals surface area contributed by atoms with Gasteiger partial charge in [0.2, 0.25) is 0 Å². The van der Waals surface area contributed by atoms with Crippen LogP contribution in [0.3, 0.4) is 0 Å². The van der Waals surface area contributed by atoms with Crippen LogP contribution in [0.2, 0.25) is 0 Å². The van der Waals surface area contributed by atoms with E-state index < -0.39 is 35.0 Å². The second kappa shape index (κ2) is 6.47. The van der Waals surface area contributed by atoms with Crippen LogP contribution in [0.1, 0.15) is 16.8 Å². The lowest BCUT2D eigenvalue weighted by atomic mass is 10.2. The number of carbonyl (C=O) groups is 2. The molecule has 21 heavy (non-hydrogen) atoms. The van der Waals surface area contributed by atoms with E-state index in [1.165, 1.54) is 4.90 Å². The minimum Gasteiger partial charge on any atom is -0.449 e. The Morgan fingerprint density at radius 2 is 2.05 bits per heavy atom. The van der Waals surface area contributed by atoms with E-state index in [1.807, 2.05) is 0 Å². The van der Waals surface area contributed by atoms with Gasteiger partial charge in [-0.05, 0) is 18.6 Å². The smallest absolute Gasteiger partial charge is 0.409 e. The van der Waals surface area contributed by atoms with Crippen LogP contribution in [0.5, 0.6) is 0 Å². The third-order valence-corrected chi connectivity index (χ3v) is 3.00. The van der Waals surface area contributed by atoms with Crippen molar-refractivity contribution in [2.24, 2.45) is 0 Å². The van der Waals surface area contributed by atoms with Crippen molar-refractivity contribution in [1.82, 2.24) is 10.2 Å². The van der Waals surface area contributed by atoms with Crippen LogP contribution in [-0.2, 0) is 4.74 Å². The van der Waals surface area contributed by atoms with Crippen LogP contribution in [0, 0.1) is 17.5 Å². The number of cyclic esters (lactones) is 1. The van der Waals surface area contributed by atoms with Crippen molar-refractivity contribution < 1.29 is 27.5 Å². The molecule has 1 heterocycles. The van der Waals surface area contributed by atoms with Crippen LogP contribution in [0.4, 0.5) is 18.0 Å². The first-order valence-corrected chi connectivity index (χ1v) is 6.34. The first-order chi connectivity index (χ1) is 10.0. The Hall–Kier alpha value is -2.25. The second-order valence-corrected chi connectivity index (χ2v) is 4.43. The quantitative estimate of drug-likeness (QED) is 0.861. The van der Waals surface area contributed by atoms with E-state index in [9.17, 15) is 22.8 Å². The predicted octanol–water partition coefficient (Wildman–Crippen LogP) is 1.68. The summed E-state index contributed by atoms with van der Waals surface area (Å²) in [6.07, 6.45) is 0.215. The number of hydrogen-bond donors (Lipinski definition) is 1.